The van der Waals surface area contributed by atoms with Gasteiger partial charge in [0.1, 0.15) is 11.6 Å². The van der Waals surface area contributed by atoms with Gasteiger partial charge in [0.05, 0.1) is 16.4 Å². The fourth-order valence-electron chi connectivity index (χ4n) is 3.70. The molecule has 0 spiro atoms. The van der Waals surface area contributed by atoms with Crippen LogP contribution in [0, 0.1) is 5.82 Å². The van der Waals surface area contributed by atoms with E-state index in [4.69, 9.17) is 0 Å². The number of rotatable bonds is 5. The van der Waals surface area contributed by atoms with Crippen molar-refractivity contribution in [2.75, 3.05) is 18.4 Å². The highest BCUT2D eigenvalue weighted by Gasteiger charge is 2.13. The Morgan fingerprint density at radius 1 is 1.07 bits per heavy atom. The summed E-state index contributed by atoms with van der Waals surface area (Å²) in [4.78, 5) is 15.4. The van der Waals surface area contributed by atoms with Crippen LogP contribution in [0.1, 0.15) is 18.4 Å². The number of pyridine rings is 2. The number of fused-ring (bicyclic) bond motifs is 1. The lowest BCUT2D eigenvalue weighted by Crippen LogP contribution is -2.18. The Bertz CT molecular complexity index is 1150. The van der Waals surface area contributed by atoms with E-state index in [2.05, 4.69) is 37.3 Å². The summed E-state index contributed by atoms with van der Waals surface area (Å²) >= 11 is 1.53. The molecule has 5 nitrogen and oxygen atoms in total. The number of halogens is 1. The smallest absolute Gasteiger partial charge is 0.189 e. The molecule has 0 bridgehead atoms. The molecule has 0 unspecified atom stereocenters. The topological polar surface area (TPSA) is 53.9 Å². The Morgan fingerprint density at radius 3 is 2.83 bits per heavy atom. The third-order valence-corrected chi connectivity index (χ3v) is 6.07. The Kier molecular flexibility index (Phi) is 4.91. The average molecular weight is 406 g/mol. The third kappa shape index (κ3) is 3.97. The zero-order chi connectivity index (χ0) is 19.6. The van der Waals surface area contributed by atoms with Gasteiger partial charge in [-0.1, -0.05) is 17.4 Å². The molecule has 146 valence electrons. The molecular formula is C22H20FN5S. The second-order valence-electron chi connectivity index (χ2n) is 7.21. The fraction of sp³-hybridized carbons (Fsp3) is 0.227. The molecule has 3 aromatic heterocycles. The first kappa shape index (κ1) is 18.1. The maximum atomic E-state index is 14.1. The lowest BCUT2D eigenvalue weighted by Gasteiger charge is -2.14. The van der Waals surface area contributed by atoms with E-state index < -0.39 is 0 Å². The second kappa shape index (κ2) is 7.85. The van der Waals surface area contributed by atoms with Gasteiger partial charge in [0.25, 0.3) is 0 Å². The van der Waals surface area contributed by atoms with Crippen molar-refractivity contribution in [3.63, 3.8) is 0 Å². The summed E-state index contributed by atoms with van der Waals surface area (Å²) in [5.41, 5.74) is 3.49. The van der Waals surface area contributed by atoms with E-state index in [0.717, 1.165) is 33.3 Å². The number of hydrogen-bond acceptors (Lipinski definition) is 6. The van der Waals surface area contributed by atoms with Gasteiger partial charge in [-0.25, -0.2) is 14.4 Å². The van der Waals surface area contributed by atoms with Gasteiger partial charge < -0.3 is 5.32 Å². The van der Waals surface area contributed by atoms with Crippen molar-refractivity contribution < 1.29 is 4.39 Å². The van der Waals surface area contributed by atoms with Crippen LogP contribution in [-0.2, 0) is 6.54 Å². The van der Waals surface area contributed by atoms with E-state index in [0.29, 0.717) is 5.56 Å². The van der Waals surface area contributed by atoms with E-state index in [1.807, 2.05) is 24.4 Å². The van der Waals surface area contributed by atoms with Crippen LogP contribution in [0.3, 0.4) is 0 Å². The van der Waals surface area contributed by atoms with Crippen LogP contribution >= 0.6 is 11.3 Å². The van der Waals surface area contributed by atoms with E-state index in [1.54, 1.807) is 12.3 Å². The minimum absolute atomic E-state index is 0.325. The molecule has 5 rings (SSSR count). The molecule has 1 saturated heterocycles. The molecule has 7 heteroatoms. The minimum Gasteiger partial charge on any atom is -0.316 e. The van der Waals surface area contributed by atoms with Gasteiger partial charge in [0.2, 0.25) is 0 Å². The molecule has 0 aliphatic carbocycles. The minimum atomic E-state index is -0.325. The number of aromatic nitrogens is 3. The normalized spacial score (nSPS) is 14.5. The number of nitrogens with zero attached hydrogens (tertiary/aromatic N) is 4. The monoisotopic (exact) mass is 405 g/mol. The van der Waals surface area contributed by atoms with Crippen LogP contribution in [0.15, 0.2) is 55.0 Å². The summed E-state index contributed by atoms with van der Waals surface area (Å²) in [5.74, 6) is 0.467. The molecule has 29 heavy (non-hydrogen) atoms. The van der Waals surface area contributed by atoms with Gasteiger partial charge in [-0.05, 0) is 67.4 Å². The summed E-state index contributed by atoms with van der Waals surface area (Å²) in [6.07, 6.45) is 7.25. The van der Waals surface area contributed by atoms with Crippen molar-refractivity contribution >= 4 is 32.5 Å². The lowest BCUT2D eigenvalue weighted by molar-refractivity contribution is 0.331. The van der Waals surface area contributed by atoms with Crippen molar-refractivity contribution in [1.82, 2.24) is 19.9 Å². The van der Waals surface area contributed by atoms with Crippen LogP contribution in [-0.4, -0.2) is 32.9 Å². The molecule has 1 aliphatic heterocycles. The Morgan fingerprint density at radius 2 is 1.97 bits per heavy atom. The van der Waals surface area contributed by atoms with E-state index in [-0.39, 0.29) is 5.82 Å². The van der Waals surface area contributed by atoms with E-state index in [1.165, 1.54) is 49.0 Å². The van der Waals surface area contributed by atoms with Gasteiger partial charge in [-0.15, -0.1) is 0 Å². The molecule has 0 radical (unpaired) electrons. The fourth-order valence-corrected chi connectivity index (χ4v) is 4.62. The first-order valence-corrected chi connectivity index (χ1v) is 10.5. The summed E-state index contributed by atoms with van der Waals surface area (Å²) < 4.78 is 15.0. The molecule has 1 N–H and O–H groups in total. The highest BCUT2D eigenvalue weighted by atomic mass is 32.1. The highest BCUT2D eigenvalue weighted by Crippen LogP contribution is 2.32. The number of nitrogens with one attached hydrogen (secondary N) is 1. The molecule has 1 aliphatic rings. The van der Waals surface area contributed by atoms with Crippen LogP contribution in [0.4, 0.5) is 15.3 Å². The molecule has 0 amide bonds. The van der Waals surface area contributed by atoms with Crippen LogP contribution in [0.5, 0.6) is 0 Å². The van der Waals surface area contributed by atoms with Crippen molar-refractivity contribution in [1.29, 1.82) is 0 Å². The van der Waals surface area contributed by atoms with Crippen molar-refractivity contribution in [3.05, 3.63) is 66.4 Å². The molecule has 1 aromatic carbocycles. The quantitative estimate of drug-likeness (QED) is 0.493. The standard InChI is InChI=1S/C22H20FN5S/c23-18-13-24-7-6-17(18)16-3-4-19-20(12-16)29-22(26-19)27-21-11-15(5-8-25-21)14-28-9-1-2-10-28/h3-8,11-13H,1-2,9-10,14H2,(H,25,26,27). The largest absolute Gasteiger partial charge is 0.316 e. The van der Waals surface area contributed by atoms with E-state index >= 15 is 0 Å². The maximum Gasteiger partial charge on any atom is 0.189 e. The summed E-state index contributed by atoms with van der Waals surface area (Å²) in [5, 5.41) is 4.10. The molecule has 1 fully saturated rings. The van der Waals surface area contributed by atoms with Crippen molar-refractivity contribution in [3.8, 4) is 11.1 Å². The Balaban J connectivity index is 1.38. The highest BCUT2D eigenvalue weighted by molar-refractivity contribution is 7.22. The first-order valence-electron chi connectivity index (χ1n) is 9.69. The molecule has 0 atom stereocenters. The van der Waals surface area contributed by atoms with Gasteiger partial charge >= 0.3 is 0 Å². The zero-order valence-electron chi connectivity index (χ0n) is 15.8. The summed E-state index contributed by atoms with van der Waals surface area (Å²) in [6.45, 7) is 3.30. The molecular weight excluding hydrogens is 385 g/mol. The number of hydrogen-bond donors (Lipinski definition) is 1. The SMILES string of the molecule is Fc1cnccc1-c1ccc2nc(Nc3cc(CN4CCCC4)ccn3)sc2c1. The number of likely N-dealkylation sites (tertiary alicyclic amines) is 1. The lowest BCUT2D eigenvalue weighted by atomic mass is 10.1. The van der Waals surface area contributed by atoms with Gasteiger partial charge in [0, 0.05) is 24.5 Å². The van der Waals surface area contributed by atoms with Crippen LogP contribution in [0.25, 0.3) is 21.3 Å². The van der Waals surface area contributed by atoms with E-state index in [9.17, 15) is 4.39 Å². The average Bonchev–Trinajstić information content (AvgIpc) is 3.37. The molecule has 0 saturated carbocycles. The maximum absolute atomic E-state index is 14.1. The predicted molar refractivity (Wildman–Crippen MR) is 115 cm³/mol. The predicted octanol–water partition coefficient (Wildman–Crippen LogP) is 5.23. The number of benzene rings is 1. The molecule has 4 aromatic rings. The third-order valence-electron chi connectivity index (χ3n) is 5.14. The molecule has 4 heterocycles. The van der Waals surface area contributed by atoms with Crippen LogP contribution < -0.4 is 5.32 Å². The van der Waals surface area contributed by atoms with Gasteiger partial charge in [0.15, 0.2) is 5.13 Å². The second-order valence-corrected chi connectivity index (χ2v) is 8.25. The van der Waals surface area contributed by atoms with Gasteiger partial charge in [-0.3, -0.25) is 9.88 Å². The Labute approximate surface area is 172 Å². The summed E-state index contributed by atoms with van der Waals surface area (Å²) in [7, 11) is 0. The Hall–Kier alpha value is -2.90. The summed E-state index contributed by atoms with van der Waals surface area (Å²) in [6, 6.07) is 11.6. The van der Waals surface area contributed by atoms with Crippen LogP contribution in [0.2, 0.25) is 0 Å². The number of thiazole rings is 1. The van der Waals surface area contributed by atoms with Crippen molar-refractivity contribution in [2.45, 2.75) is 19.4 Å². The number of anilines is 2. The van der Waals surface area contributed by atoms with Gasteiger partial charge in [-0.2, -0.15) is 0 Å². The van der Waals surface area contributed by atoms with Crippen molar-refractivity contribution in [2.24, 2.45) is 0 Å². The first-order chi connectivity index (χ1) is 14.2. The zero-order valence-corrected chi connectivity index (χ0v) is 16.6.